The van der Waals surface area contributed by atoms with Gasteiger partial charge in [0, 0.05) is 0 Å². The molecule has 0 atom stereocenters. The molecule has 3 nitrogen and oxygen atoms in total. The Morgan fingerprint density at radius 3 is 2.44 bits per heavy atom. The van der Waals surface area contributed by atoms with Gasteiger partial charge in [0.05, 0.1) is 5.41 Å². The standard InChI is InChI=1S/C15H20O3/c1-15(2,14(17)18)9-10-7-8-13(16)12-6-4-3-5-11(10)12/h7-8,16H,3-6,9H2,1-2H3,(H,17,18). The summed E-state index contributed by atoms with van der Waals surface area (Å²) in [4.78, 5) is 11.2. The summed E-state index contributed by atoms with van der Waals surface area (Å²) in [5, 5.41) is 19.1. The number of fused-ring (bicyclic) bond motifs is 1. The highest BCUT2D eigenvalue weighted by atomic mass is 16.4. The average Bonchev–Trinajstić information content (AvgIpc) is 2.33. The number of aromatic hydroxyl groups is 1. The van der Waals surface area contributed by atoms with Crippen molar-refractivity contribution >= 4 is 5.97 Å². The van der Waals surface area contributed by atoms with Gasteiger partial charge in [0.15, 0.2) is 0 Å². The van der Waals surface area contributed by atoms with Crippen LogP contribution in [-0.4, -0.2) is 16.2 Å². The SMILES string of the molecule is CC(C)(Cc1ccc(O)c2c1CCCC2)C(=O)O. The molecular weight excluding hydrogens is 228 g/mol. The first-order chi connectivity index (χ1) is 8.42. The van der Waals surface area contributed by atoms with Gasteiger partial charge in [0.1, 0.15) is 5.75 Å². The number of aliphatic carboxylic acids is 1. The predicted molar refractivity (Wildman–Crippen MR) is 69.9 cm³/mol. The number of benzene rings is 1. The van der Waals surface area contributed by atoms with E-state index in [2.05, 4.69) is 0 Å². The molecule has 18 heavy (non-hydrogen) atoms. The van der Waals surface area contributed by atoms with Crippen LogP contribution < -0.4 is 0 Å². The topological polar surface area (TPSA) is 57.5 Å². The number of phenols is 1. The maximum atomic E-state index is 11.2. The minimum absolute atomic E-state index is 0.363. The molecule has 0 radical (unpaired) electrons. The highest BCUT2D eigenvalue weighted by Crippen LogP contribution is 2.34. The first-order valence-electron chi connectivity index (χ1n) is 6.48. The summed E-state index contributed by atoms with van der Waals surface area (Å²) >= 11 is 0. The minimum atomic E-state index is -0.778. The molecule has 1 aromatic rings. The molecule has 0 bridgehead atoms. The van der Waals surface area contributed by atoms with Crippen molar-refractivity contribution in [3.05, 3.63) is 28.8 Å². The van der Waals surface area contributed by atoms with Gasteiger partial charge in [-0.25, -0.2) is 0 Å². The highest BCUT2D eigenvalue weighted by molar-refractivity contribution is 5.74. The Bertz CT molecular complexity index is 475. The monoisotopic (exact) mass is 248 g/mol. The second-order valence-electron chi connectivity index (χ2n) is 5.77. The third kappa shape index (κ3) is 2.35. The van der Waals surface area contributed by atoms with Gasteiger partial charge in [-0.15, -0.1) is 0 Å². The van der Waals surface area contributed by atoms with Crippen molar-refractivity contribution in [2.75, 3.05) is 0 Å². The number of hydrogen-bond donors (Lipinski definition) is 2. The van der Waals surface area contributed by atoms with Crippen molar-refractivity contribution in [3.63, 3.8) is 0 Å². The smallest absolute Gasteiger partial charge is 0.309 e. The summed E-state index contributed by atoms with van der Waals surface area (Å²) in [5.74, 6) is -0.415. The largest absolute Gasteiger partial charge is 0.508 e. The lowest BCUT2D eigenvalue weighted by Crippen LogP contribution is -2.27. The van der Waals surface area contributed by atoms with E-state index in [4.69, 9.17) is 0 Å². The van der Waals surface area contributed by atoms with E-state index in [0.717, 1.165) is 36.8 Å². The molecule has 1 aromatic carbocycles. The number of phenolic OH excluding ortho intramolecular Hbond substituents is 1. The van der Waals surface area contributed by atoms with Gasteiger partial charge in [0.25, 0.3) is 0 Å². The molecule has 1 aliphatic rings. The normalized spacial score (nSPS) is 15.2. The molecule has 2 rings (SSSR count). The molecule has 0 fully saturated rings. The Morgan fingerprint density at radius 1 is 1.22 bits per heavy atom. The Morgan fingerprint density at radius 2 is 1.83 bits per heavy atom. The molecule has 0 saturated carbocycles. The molecule has 1 aliphatic carbocycles. The van der Waals surface area contributed by atoms with E-state index >= 15 is 0 Å². The number of hydrogen-bond acceptors (Lipinski definition) is 2. The van der Waals surface area contributed by atoms with Gasteiger partial charge in [0.2, 0.25) is 0 Å². The number of rotatable bonds is 3. The van der Waals surface area contributed by atoms with E-state index in [0.29, 0.717) is 12.2 Å². The minimum Gasteiger partial charge on any atom is -0.508 e. The van der Waals surface area contributed by atoms with Crippen molar-refractivity contribution in [1.29, 1.82) is 0 Å². The van der Waals surface area contributed by atoms with Crippen LogP contribution in [-0.2, 0) is 24.1 Å². The lowest BCUT2D eigenvalue weighted by molar-refractivity contribution is -0.146. The van der Waals surface area contributed by atoms with Crippen LogP contribution in [0.3, 0.4) is 0 Å². The molecule has 98 valence electrons. The molecule has 0 heterocycles. The Hall–Kier alpha value is -1.51. The second kappa shape index (κ2) is 4.63. The van der Waals surface area contributed by atoms with Gasteiger partial charge in [-0.1, -0.05) is 6.07 Å². The fourth-order valence-corrected chi connectivity index (χ4v) is 2.64. The summed E-state index contributed by atoms with van der Waals surface area (Å²) in [5.41, 5.74) is 2.52. The van der Waals surface area contributed by atoms with Crippen LogP contribution in [0.1, 0.15) is 43.4 Å². The number of carboxylic acid groups (broad SMARTS) is 1. The molecule has 0 amide bonds. The quantitative estimate of drug-likeness (QED) is 0.864. The van der Waals surface area contributed by atoms with E-state index in [-0.39, 0.29) is 0 Å². The molecule has 2 N–H and O–H groups in total. The molecule has 3 heteroatoms. The summed E-state index contributed by atoms with van der Waals surface area (Å²) in [6.45, 7) is 3.49. The van der Waals surface area contributed by atoms with Gasteiger partial charge in [-0.05, 0) is 68.7 Å². The van der Waals surface area contributed by atoms with Crippen LogP contribution in [0.25, 0.3) is 0 Å². The van der Waals surface area contributed by atoms with Crippen molar-refractivity contribution in [1.82, 2.24) is 0 Å². The van der Waals surface area contributed by atoms with Gasteiger partial charge in [-0.2, -0.15) is 0 Å². The van der Waals surface area contributed by atoms with E-state index in [1.807, 2.05) is 6.07 Å². The van der Waals surface area contributed by atoms with Crippen LogP contribution in [0.2, 0.25) is 0 Å². The average molecular weight is 248 g/mol. The number of carbonyl (C=O) groups is 1. The first kappa shape index (κ1) is 12.9. The third-order valence-corrected chi connectivity index (χ3v) is 3.82. The Kier molecular flexibility index (Phi) is 3.33. The van der Waals surface area contributed by atoms with Crippen LogP contribution in [0.4, 0.5) is 0 Å². The third-order valence-electron chi connectivity index (χ3n) is 3.82. The molecule has 0 spiro atoms. The molecular formula is C15H20O3. The molecule has 0 aliphatic heterocycles. The summed E-state index contributed by atoms with van der Waals surface area (Å²) in [6.07, 6.45) is 4.60. The highest BCUT2D eigenvalue weighted by Gasteiger charge is 2.29. The van der Waals surface area contributed by atoms with Crippen molar-refractivity contribution in [3.8, 4) is 5.75 Å². The van der Waals surface area contributed by atoms with E-state index in [1.165, 1.54) is 5.56 Å². The molecule has 0 saturated heterocycles. The zero-order valence-electron chi connectivity index (χ0n) is 11.0. The van der Waals surface area contributed by atoms with Crippen molar-refractivity contribution in [2.45, 2.75) is 46.0 Å². The van der Waals surface area contributed by atoms with E-state index in [9.17, 15) is 15.0 Å². The van der Waals surface area contributed by atoms with Crippen LogP contribution in [0.5, 0.6) is 5.75 Å². The zero-order valence-corrected chi connectivity index (χ0v) is 11.0. The van der Waals surface area contributed by atoms with E-state index < -0.39 is 11.4 Å². The maximum absolute atomic E-state index is 11.2. The molecule has 0 unspecified atom stereocenters. The molecule has 0 aromatic heterocycles. The Labute approximate surface area is 107 Å². The van der Waals surface area contributed by atoms with Gasteiger partial charge >= 0.3 is 5.97 Å². The maximum Gasteiger partial charge on any atom is 0.309 e. The summed E-state index contributed by atoms with van der Waals surface area (Å²) in [7, 11) is 0. The lowest BCUT2D eigenvalue weighted by Gasteiger charge is -2.25. The van der Waals surface area contributed by atoms with Crippen molar-refractivity contribution < 1.29 is 15.0 Å². The van der Waals surface area contributed by atoms with Gasteiger partial charge < -0.3 is 10.2 Å². The summed E-state index contributed by atoms with van der Waals surface area (Å²) in [6, 6.07) is 3.58. The van der Waals surface area contributed by atoms with Gasteiger partial charge in [-0.3, -0.25) is 4.79 Å². The first-order valence-corrected chi connectivity index (χ1v) is 6.48. The number of carboxylic acids is 1. The zero-order chi connectivity index (χ0) is 13.3. The Balaban J connectivity index is 2.37. The van der Waals surface area contributed by atoms with Crippen molar-refractivity contribution in [2.24, 2.45) is 5.41 Å². The lowest BCUT2D eigenvalue weighted by atomic mass is 9.80. The van der Waals surface area contributed by atoms with Crippen LogP contribution >= 0.6 is 0 Å². The van der Waals surface area contributed by atoms with Crippen LogP contribution in [0.15, 0.2) is 12.1 Å². The van der Waals surface area contributed by atoms with E-state index in [1.54, 1.807) is 19.9 Å². The fourth-order valence-electron chi connectivity index (χ4n) is 2.64. The predicted octanol–water partition coefficient (Wildman–Crippen LogP) is 2.92. The van der Waals surface area contributed by atoms with Crippen LogP contribution in [0, 0.1) is 5.41 Å². The fraction of sp³-hybridized carbons (Fsp3) is 0.533. The summed E-state index contributed by atoms with van der Waals surface area (Å²) < 4.78 is 0. The second-order valence-corrected chi connectivity index (χ2v) is 5.77.